The van der Waals surface area contributed by atoms with Gasteiger partial charge < -0.3 is 10.2 Å². The summed E-state index contributed by atoms with van der Waals surface area (Å²) in [6.07, 6.45) is 0. The van der Waals surface area contributed by atoms with Crippen LogP contribution in [0.25, 0.3) is 0 Å². The van der Waals surface area contributed by atoms with Crippen molar-refractivity contribution in [3.8, 4) is 0 Å². The van der Waals surface area contributed by atoms with Crippen LogP contribution in [0.2, 0.25) is 5.02 Å². The Labute approximate surface area is 135 Å². The van der Waals surface area contributed by atoms with Gasteiger partial charge in [0.05, 0.1) is 10.7 Å². The third-order valence-corrected chi connectivity index (χ3v) is 4.72. The molecule has 1 aromatic rings. The molecule has 1 heterocycles. The van der Waals surface area contributed by atoms with Crippen LogP contribution in [0.4, 0.5) is 5.69 Å². The first-order chi connectivity index (χ1) is 8.80. The number of hydrogen-bond acceptors (Lipinski definition) is 2. The van der Waals surface area contributed by atoms with Gasteiger partial charge in [-0.2, -0.15) is 0 Å². The van der Waals surface area contributed by atoms with Gasteiger partial charge in [0, 0.05) is 28.2 Å². The molecule has 0 spiro atoms. The van der Waals surface area contributed by atoms with Crippen LogP contribution in [0.15, 0.2) is 18.2 Å². The summed E-state index contributed by atoms with van der Waals surface area (Å²) in [5.74, 6) is 0.596. The molecule has 1 aliphatic heterocycles. The summed E-state index contributed by atoms with van der Waals surface area (Å²) in [4.78, 5) is 2.47. The van der Waals surface area contributed by atoms with Crippen molar-refractivity contribution in [1.82, 2.24) is 5.32 Å². The second kappa shape index (κ2) is 5.78. The fourth-order valence-corrected chi connectivity index (χ4v) is 3.63. The van der Waals surface area contributed by atoms with Gasteiger partial charge >= 0.3 is 0 Å². The van der Waals surface area contributed by atoms with Crippen molar-refractivity contribution in [2.45, 2.75) is 39.3 Å². The molecule has 0 radical (unpaired) electrons. The molecule has 1 fully saturated rings. The molecule has 1 unspecified atom stereocenters. The quantitative estimate of drug-likeness (QED) is 0.760. The summed E-state index contributed by atoms with van der Waals surface area (Å²) in [6.45, 7) is 11.0. The van der Waals surface area contributed by atoms with E-state index in [1.165, 1.54) is 3.57 Å². The van der Waals surface area contributed by atoms with Gasteiger partial charge in [0.1, 0.15) is 0 Å². The maximum atomic E-state index is 6.46. The Morgan fingerprint density at radius 2 is 2.11 bits per heavy atom. The second-order valence-corrected chi connectivity index (χ2v) is 7.95. The van der Waals surface area contributed by atoms with Crippen molar-refractivity contribution < 1.29 is 0 Å². The largest absolute Gasteiger partial charge is 0.364 e. The highest BCUT2D eigenvalue weighted by molar-refractivity contribution is 14.1. The fourth-order valence-electron chi connectivity index (χ4n) is 2.66. The number of benzene rings is 1. The highest BCUT2D eigenvalue weighted by Crippen LogP contribution is 2.33. The first-order valence-electron chi connectivity index (χ1n) is 6.77. The van der Waals surface area contributed by atoms with Crippen molar-refractivity contribution in [3.63, 3.8) is 0 Å². The zero-order valence-corrected chi connectivity index (χ0v) is 14.9. The predicted octanol–water partition coefficient (Wildman–Crippen LogP) is 4.16. The number of anilines is 1. The summed E-state index contributed by atoms with van der Waals surface area (Å²) in [6, 6.07) is 6.82. The highest BCUT2D eigenvalue weighted by Gasteiger charge is 2.34. The first kappa shape index (κ1) is 15.4. The Hall–Kier alpha value is -0.0000000000000000555. The summed E-state index contributed by atoms with van der Waals surface area (Å²) < 4.78 is 1.18. The monoisotopic (exact) mass is 392 g/mol. The standard InChI is InChI=1S/C15H22ClIN2/c1-10(2)14-8-18-15(3,4)9-19(14)13-6-5-11(17)7-12(13)16/h5-7,10,14,18H,8-9H2,1-4H3. The van der Waals surface area contributed by atoms with Gasteiger partial charge in [-0.3, -0.25) is 0 Å². The lowest BCUT2D eigenvalue weighted by Gasteiger charge is -2.47. The molecule has 0 aromatic heterocycles. The molecular weight excluding hydrogens is 371 g/mol. The number of piperazine rings is 1. The third kappa shape index (κ3) is 3.56. The lowest BCUT2D eigenvalue weighted by atomic mass is 9.92. The summed E-state index contributed by atoms with van der Waals surface area (Å²) in [5.41, 5.74) is 1.29. The van der Waals surface area contributed by atoms with Gasteiger partial charge in [-0.05, 0) is 60.6 Å². The van der Waals surface area contributed by atoms with E-state index in [4.69, 9.17) is 11.6 Å². The van der Waals surface area contributed by atoms with Crippen LogP contribution in [0.5, 0.6) is 0 Å². The molecule has 1 aliphatic rings. The average molecular weight is 393 g/mol. The Morgan fingerprint density at radius 3 is 2.68 bits per heavy atom. The Balaban J connectivity index is 2.36. The van der Waals surface area contributed by atoms with Crippen LogP contribution in [0, 0.1) is 9.49 Å². The van der Waals surface area contributed by atoms with Gasteiger partial charge in [-0.1, -0.05) is 25.4 Å². The van der Waals surface area contributed by atoms with Crippen molar-refractivity contribution in [2.75, 3.05) is 18.0 Å². The van der Waals surface area contributed by atoms with Crippen molar-refractivity contribution in [1.29, 1.82) is 0 Å². The second-order valence-electron chi connectivity index (χ2n) is 6.30. The zero-order chi connectivity index (χ0) is 14.2. The molecule has 0 saturated carbocycles. The number of nitrogens with zero attached hydrogens (tertiary/aromatic N) is 1. The van der Waals surface area contributed by atoms with Crippen molar-refractivity contribution >= 4 is 39.9 Å². The molecule has 106 valence electrons. The Bertz CT molecular complexity index is 459. The minimum atomic E-state index is 0.123. The van der Waals surface area contributed by atoms with E-state index in [0.717, 1.165) is 23.8 Å². The molecule has 2 rings (SSSR count). The molecule has 1 saturated heterocycles. The molecule has 1 N–H and O–H groups in total. The van der Waals surface area contributed by atoms with Gasteiger partial charge in [0.15, 0.2) is 0 Å². The topological polar surface area (TPSA) is 15.3 Å². The van der Waals surface area contributed by atoms with Crippen molar-refractivity contribution in [2.24, 2.45) is 5.92 Å². The highest BCUT2D eigenvalue weighted by atomic mass is 127. The number of halogens is 2. The summed E-state index contributed by atoms with van der Waals surface area (Å²) in [5, 5.41) is 4.49. The minimum Gasteiger partial charge on any atom is -0.364 e. The van der Waals surface area contributed by atoms with E-state index >= 15 is 0 Å². The molecule has 1 aromatic carbocycles. The fraction of sp³-hybridized carbons (Fsp3) is 0.600. The lowest BCUT2D eigenvalue weighted by molar-refractivity contribution is 0.277. The van der Waals surface area contributed by atoms with E-state index in [1.807, 2.05) is 6.07 Å². The maximum Gasteiger partial charge on any atom is 0.0650 e. The maximum absolute atomic E-state index is 6.46. The van der Waals surface area contributed by atoms with Crippen molar-refractivity contribution in [3.05, 3.63) is 26.8 Å². The summed E-state index contributed by atoms with van der Waals surface area (Å²) >= 11 is 8.76. The van der Waals surface area contributed by atoms with Gasteiger partial charge in [-0.15, -0.1) is 0 Å². The smallest absolute Gasteiger partial charge is 0.0650 e. The van der Waals surface area contributed by atoms with Crippen LogP contribution in [0.1, 0.15) is 27.7 Å². The average Bonchev–Trinajstić information content (AvgIpc) is 2.27. The molecule has 4 heteroatoms. The van der Waals surface area contributed by atoms with E-state index in [2.05, 4.69) is 72.6 Å². The normalized spacial score (nSPS) is 22.9. The lowest BCUT2D eigenvalue weighted by Crippen LogP contribution is -2.63. The van der Waals surface area contributed by atoms with Crippen LogP contribution in [-0.4, -0.2) is 24.7 Å². The van der Waals surface area contributed by atoms with Crippen LogP contribution >= 0.6 is 34.2 Å². The molecular formula is C15H22ClIN2. The van der Waals surface area contributed by atoms with Gasteiger partial charge in [0.25, 0.3) is 0 Å². The number of hydrogen-bond donors (Lipinski definition) is 1. The number of nitrogens with one attached hydrogen (secondary N) is 1. The predicted molar refractivity (Wildman–Crippen MR) is 92.2 cm³/mol. The molecule has 0 aliphatic carbocycles. The van der Waals surface area contributed by atoms with E-state index in [0.29, 0.717) is 12.0 Å². The molecule has 0 bridgehead atoms. The first-order valence-corrected chi connectivity index (χ1v) is 8.22. The minimum absolute atomic E-state index is 0.123. The van der Waals surface area contributed by atoms with Crippen LogP contribution in [0.3, 0.4) is 0 Å². The Kier molecular flexibility index (Phi) is 4.68. The molecule has 1 atom stereocenters. The Morgan fingerprint density at radius 1 is 1.42 bits per heavy atom. The SMILES string of the molecule is CC(C)C1CNC(C)(C)CN1c1ccc(I)cc1Cl. The molecule has 2 nitrogen and oxygen atoms in total. The van der Waals surface area contributed by atoms with Gasteiger partial charge in [-0.25, -0.2) is 0 Å². The summed E-state index contributed by atoms with van der Waals surface area (Å²) in [7, 11) is 0. The molecule has 0 amide bonds. The van der Waals surface area contributed by atoms with E-state index < -0.39 is 0 Å². The van der Waals surface area contributed by atoms with E-state index in [9.17, 15) is 0 Å². The number of rotatable bonds is 2. The van der Waals surface area contributed by atoms with Crippen LogP contribution < -0.4 is 10.2 Å². The van der Waals surface area contributed by atoms with Crippen LogP contribution in [-0.2, 0) is 0 Å². The third-order valence-electron chi connectivity index (χ3n) is 3.74. The van der Waals surface area contributed by atoms with Gasteiger partial charge in [0.2, 0.25) is 0 Å². The van der Waals surface area contributed by atoms with E-state index in [-0.39, 0.29) is 5.54 Å². The molecule has 19 heavy (non-hydrogen) atoms. The zero-order valence-electron chi connectivity index (χ0n) is 12.0. The van der Waals surface area contributed by atoms with E-state index in [1.54, 1.807) is 0 Å².